The second-order valence-corrected chi connectivity index (χ2v) is 7.50. The van der Waals surface area contributed by atoms with Crippen LogP contribution in [0.1, 0.15) is 50.6 Å². The van der Waals surface area contributed by atoms with E-state index in [0.717, 1.165) is 12.8 Å². The summed E-state index contributed by atoms with van der Waals surface area (Å²) in [5, 5.41) is 11.1. The van der Waals surface area contributed by atoms with Gasteiger partial charge in [-0.1, -0.05) is 30.3 Å². The SMILES string of the molecule is CC(c1ccccc1)n1ccc(NC(=O)CC2CC3CCC(C2)N3)n1. The molecule has 3 heterocycles. The zero-order valence-corrected chi connectivity index (χ0v) is 14.7. The number of anilines is 1. The number of hydrogen-bond donors (Lipinski definition) is 2. The minimum absolute atomic E-state index is 0.0870. The van der Waals surface area contributed by atoms with Gasteiger partial charge in [0.05, 0.1) is 6.04 Å². The van der Waals surface area contributed by atoms with Crippen molar-refractivity contribution in [2.45, 2.75) is 57.2 Å². The molecule has 2 fully saturated rings. The zero-order valence-electron chi connectivity index (χ0n) is 14.7. The van der Waals surface area contributed by atoms with Crippen molar-refractivity contribution in [1.82, 2.24) is 15.1 Å². The Balaban J connectivity index is 1.34. The maximum Gasteiger partial charge on any atom is 0.225 e. The van der Waals surface area contributed by atoms with Gasteiger partial charge < -0.3 is 10.6 Å². The van der Waals surface area contributed by atoms with Crippen LogP contribution in [0.3, 0.4) is 0 Å². The Morgan fingerprint density at radius 1 is 1.24 bits per heavy atom. The van der Waals surface area contributed by atoms with Crippen LogP contribution in [0.15, 0.2) is 42.6 Å². The van der Waals surface area contributed by atoms with Crippen molar-refractivity contribution >= 4 is 11.7 Å². The minimum Gasteiger partial charge on any atom is -0.311 e. The molecule has 132 valence electrons. The molecule has 1 amide bonds. The van der Waals surface area contributed by atoms with Gasteiger partial charge in [0.2, 0.25) is 5.91 Å². The highest BCUT2D eigenvalue weighted by molar-refractivity contribution is 5.89. The smallest absolute Gasteiger partial charge is 0.225 e. The van der Waals surface area contributed by atoms with Crippen molar-refractivity contribution in [3.05, 3.63) is 48.2 Å². The summed E-state index contributed by atoms with van der Waals surface area (Å²) < 4.78 is 1.90. The fourth-order valence-corrected chi connectivity index (χ4v) is 4.30. The number of carbonyl (C=O) groups excluding carboxylic acids is 1. The molecule has 2 saturated heterocycles. The monoisotopic (exact) mass is 338 g/mol. The fraction of sp³-hybridized carbons (Fsp3) is 0.500. The highest BCUT2D eigenvalue weighted by Crippen LogP contribution is 2.32. The van der Waals surface area contributed by atoms with Crippen molar-refractivity contribution < 1.29 is 4.79 Å². The molecular weight excluding hydrogens is 312 g/mol. The van der Waals surface area contributed by atoms with Gasteiger partial charge in [0.15, 0.2) is 5.82 Å². The number of benzene rings is 1. The molecule has 2 bridgehead atoms. The van der Waals surface area contributed by atoms with E-state index in [1.807, 2.05) is 35.1 Å². The van der Waals surface area contributed by atoms with Crippen LogP contribution in [0.25, 0.3) is 0 Å². The van der Waals surface area contributed by atoms with Gasteiger partial charge in [0.1, 0.15) is 0 Å². The molecule has 25 heavy (non-hydrogen) atoms. The summed E-state index contributed by atoms with van der Waals surface area (Å²) in [7, 11) is 0. The van der Waals surface area contributed by atoms with Crippen LogP contribution in [0.4, 0.5) is 5.82 Å². The number of rotatable bonds is 5. The first-order valence-electron chi connectivity index (χ1n) is 9.33. The van der Waals surface area contributed by atoms with Crippen molar-refractivity contribution in [2.75, 3.05) is 5.32 Å². The third-order valence-electron chi connectivity index (χ3n) is 5.60. The number of amides is 1. The van der Waals surface area contributed by atoms with Gasteiger partial charge in [-0.05, 0) is 44.1 Å². The molecule has 2 N–H and O–H groups in total. The molecule has 3 atom stereocenters. The van der Waals surface area contributed by atoms with E-state index in [1.54, 1.807) is 0 Å². The number of aromatic nitrogens is 2. The average Bonchev–Trinajstić information content (AvgIpc) is 3.21. The van der Waals surface area contributed by atoms with Crippen molar-refractivity contribution in [2.24, 2.45) is 5.92 Å². The van der Waals surface area contributed by atoms with Gasteiger partial charge in [0, 0.05) is 30.8 Å². The summed E-state index contributed by atoms with van der Waals surface area (Å²) in [6.07, 6.45) is 7.33. The van der Waals surface area contributed by atoms with E-state index in [-0.39, 0.29) is 11.9 Å². The molecule has 0 spiro atoms. The number of nitrogens with one attached hydrogen (secondary N) is 2. The highest BCUT2D eigenvalue weighted by atomic mass is 16.1. The number of hydrogen-bond acceptors (Lipinski definition) is 3. The van der Waals surface area contributed by atoms with Crippen LogP contribution >= 0.6 is 0 Å². The normalized spacial score (nSPS) is 26.4. The number of piperidine rings is 1. The molecule has 0 saturated carbocycles. The largest absolute Gasteiger partial charge is 0.311 e. The van der Waals surface area contributed by atoms with Crippen LogP contribution < -0.4 is 10.6 Å². The zero-order chi connectivity index (χ0) is 17.2. The van der Waals surface area contributed by atoms with Gasteiger partial charge in [-0.25, -0.2) is 0 Å². The summed E-state index contributed by atoms with van der Waals surface area (Å²) >= 11 is 0. The van der Waals surface area contributed by atoms with Gasteiger partial charge in [0.25, 0.3) is 0 Å². The third kappa shape index (κ3) is 3.76. The van der Waals surface area contributed by atoms with Crippen LogP contribution in [0.5, 0.6) is 0 Å². The molecule has 4 rings (SSSR count). The van der Waals surface area contributed by atoms with Gasteiger partial charge >= 0.3 is 0 Å². The summed E-state index contributed by atoms with van der Waals surface area (Å²) in [6, 6.07) is 13.5. The third-order valence-corrected chi connectivity index (χ3v) is 5.60. The topological polar surface area (TPSA) is 59.0 Å². The molecule has 1 aromatic carbocycles. The van der Waals surface area contributed by atoms with E-state index >= 15 is 0 Å². The van der Waals surface area contributed by atoms with Gasteiger partial charge in [-0.3, -0.25) is 9.48 Å². The highest BCUT2D eigenvalue weighted by Gasteiger charge is 2.34. The minimum atomic E-state index is 0.0870. The Bertz CT molecular complexity index is 714. The molecule has 5 nitrogen and oxygen atoms in total. The van der Waals surface area contributed by atoms with E-state index in [1.165, 1.54) is 18.4 Å². The first-order valence-corrected chi connectivity index (χ1v) is 9.33. The second kappa shape index (κ2) is 7.00. The lowest BCUT2D eigenvalue weighted by Crippen LogP contribution is -2.39. The number of fused-ring (bicyclic) bond motifs is 2. The average molecular weight is 338 g/mol. The number of carbonyl (C=O) groups is 1. The first kappa shape index (κ1) is 16.3. The lowest BCUT2D eigenvalue weighted by atomic mass is 9.89. The summed E-state index contributed by atoms with van der Waals surface area (Å²) in [5.74, 6) is 1.23. The van der Waals surface area contributed by atoms with Crippen LogP contribution in [0, 0.1) is 5.92 Å². The maximum atomic E-state index is 12.4. The molecule has 2 aliphatic rings. The Labute approximate surface area is 148 Å². The summed E-state index contributed by atoms with van der Waals surface area (Å²) in [6.45, 7) is 2.11. The van der Waals surface area contributed by atoms with Crippen molar-refractivity contribution in [3.63, 3.8) is 0 Å². The van der Waals surface area contributed by atoms with Gasteiger partial charge in [-0.2, -0.15) is 5.10 Å². The molecule has 0 radical (unpaired) electrons. The summed E-state index contributed by atoms with van der Waals surface area (Å²) in [4.78, 5) is 12.4. The molecular formula is C20H26N4O. The Kier molecular flexibility index (Phi) is 4.57. The Morgan fingerprint density at radius 3 is 2.68 bits per heavy atom. The van der Waals surface area contributed by atoms with Crippen molar-refractivity contribution in [1.29, 1.82) is 0 Å². The Hall–Kier alpha value is -2.14. The second-order valence-electron chi connectivity index (χ2n) is 7.50. The van der Waals surface area contributed by atoms with Gasteiger partial charge in [-0.15, -0.1) is 0 Å². The molecule has 3 unspecified atom stereocenters. The molecule has 5 heteroatoms. The maximum absolute atomic E-state index is 12.4. The Morgan fingerprint density at radius 2 is 1.96 bits per heavy atom. The quantitative estimate of drug-likeness (QED) is 0.879. The molecule has 2 aromatic rings. The molecule has 2 aliphatic heterocycles. The molecule has 0 aliphatic carbocycles. The van der Waals surface area contributed by atoms with Crippen LogP contribution in [0.2, 0.25) is 0 Å². The predicted octanol–water partition coefficient (Wildman–Crippen LogP) is 3.35. The van der Waals surface area contributed by atoms with E-state index in [9.17, 15) is 4.79 Å². The lowest BCUT2D eigenvalue weighted by Gasteiger charge is -2.28. The van der Waals surface area contributed by atoms with E-state index in [0.29, 0.717) is 30.2 Å². The number of nitrogens with zero attached hydrogens (tertiary/aromatic N) is 2. The van der Waals surface area contributed by atoms with Crippen molar-refractivity contribution in [3.8, 4) is 0 Å². The fourth-order valence-electron chi connectivity index (χ4n) is 4.30. The summed E-state index contributed by atoms with van der Waals surface area (Å²) in [5.41, 5.74) is 1.20. The predicted molar refractivity (Wildman–Crippen MR) is 98.4 cm³/mol. The first-order chi connectivity index (χ1) is 12.2. The lowest BCUT2D eigenvalue weighted by molar-refractivity contribution is -0.117. The molecule has 1 aromatic heterocycles. The van der Waals surface area contributed by atoms with E-state index < -0.39 is 0 Å². The standard InChI is InChI=1S/C20H26N4O/c1-14(16-5-3-2-4-6-16)24-10-9-19(23-24)22-20(25)13-15-11-17-7-8-18(12-15)21-17/h2-6,9-10,14-15,17-18,21H,7-8,11-13H2,1H3,(H,22,23,25). The van der Waals surface area contributed by atoms with E-state index in [2.05, 4.69) is 34.8 Å². The van der Waals surface area contributed by atoms with E-state index in [4.69, 9.17) is 0 Å². The van der Waals surface area contributed by atoms with Crippen LogP contribution in [-0.2, 0) is 4.79 Å². The van der Waals surface area contributed by atoms with Crippen LogP contribution in [-0.4, -0.2) is 27.8 Å².